The number of benzene rings is 1. The molecule has 2 unspecified atom stereocenters. The second-order valence-electron chi connectivity index (χ2n) is 5.15. The van der Waals surface area contributed by atoms with Crippen LogP contribution < -0.4 is 5.32 Å². The second kappa shape index (κ2) is 5.23. The van der Waals surface area contributed by atoms with E-state index in [1.165, 1.54) is 31.2 Å². The maximum atomic E-state index is 8.93. The highest BCUT2D eigenvalue weighted by Gasteiger charge is 2.21. The molecule has 1 aliphatic carbocycles. The van der Waals surface area contributed by atoms with Crippen LogP contribution in [0.25, 0.3) is 0 Å². The Morgan fingerprint density at radius 3 is 2.76 bits per heavy atom. The molecule has 0 aromatic heterocycles. The summed E-state index contributed by atoms with van der Waals surface area (Å²) in [7, 11) is 0. The zero-order valence-corrected chi connectivity index (χ0v) is 10.7. The molecule has 0 saturated heterocycles. The van der Waals surface area contributed by atoms with Crippen LogP contribution in [0.3, 0.4) is 0 Å². The van der Waals surface area contributed by atoms with Crippen molar-refractivity contribution in [2.45, 2.75) is 45.6 Å². The minimum atomic E-state index is 0.566. The van der Waals surface area contributed by atoms with E-state index < -0.39 is 0 Å². The van der Waals surface area contributed by atoms with E-state index in [1.807, 2.05) is 18.2 Å². The summed E-state index contributed by atoms with van der Waals surface area (Å²) in [5.41, 5.74) is 3.09. The molecular formula is C15H20N2. The van der Waals surface area contributed by atoms with Crippen LogP contribution in [0.4, 0.5) is 5.69 Å². The summed E-state index contributed by atoms with van der Waals surface area (Å²) in [4.78, 5) is 0. The number of nitrogens with zero attached hydrogens (tertiary/aromatic N) is 1. The van der Waals surface area contributed by atoms with Gasteiger partial charge in [-0.3, -0.25) is 0 Å². The molecule has 2 atom stereocenters. The van der Waals surface area contributed by atoms with Crippen LogP contribution in [-0.2, 0) is 0 Å². The van der Waals surface area contributed by atoms with Gasteiger partial charge in [0.1, 0.15) is 0 Å². The molecule has 17 heavy (non-hydrogen) atoms. The summed E-state index contributed by atoms with van der Waals surface area (Å²) in [6.45, 7) is 4.41. The van der Waals surface area contributed by atoms with Gasteiger partial charge in [-0.1, -0.05) is 25.8 Å². The lowest BCUT2D eigenvalue weighted by Crippen LogP contribution is -2.30. The Bertz CT molecular complexity index is 431. The zero-order chi connectivity index (χ0) is 12.3. The van der Waals surface area contributed by atoms with Crippen LogP contribution in [0.1, 0.15) is 43.7 Å². The maximum absolute atomic E-state index is 8.93. The van der Waals surface area contributed by atoms with Crippen molar-refractivity contribution >= 4 is 5.69 Å². The van der Waals surface area contributed by atoms with E-state index in [9.17, 15) is 0 Å². The normalized spacial score (nSPS) is 24.1. The molecule has 0 aliphatic heterocycles. The van der Waals surface area contributed by atoms with E-state index in [-0.39, 0.29) is 0 Å². The number of hydrogen-bond donors (Lipinski definition) is 1. The predicted molar refractivity (Wildman–Crippen MR) is 70.9 cm³/mol. The Kier molecular flexibility index (Phi) is 3.68. The summed E-state index contributed by atoms with van der Waals surface area (Å²) in [5, 5.41) is 12.6. The fourth-order valence-electron chi connectivity index (χ4n) is 2.58. The molecule has 2 heteroatoms. The Labute approximate surface area is 104 Å². The molecule has 1 aromatic rings. The van der Waals surface area contributed by atoms with Gasteiger partial charge in [0.05, 0.1) is 11.6 Å². The third-order valence-corrected chi connectivity index (χ3v) is 3.82. The van der Waals surface area contributed by atoms with E-state index in [4.69, 9.17) is 5.26 Å². The Morgan fingerprint density at radius 2 is 2.06 bits per heavy atom. The zero-order valence-electron chi connectivity index (χ0n) is 10.7. The summed E-state index contributed by atoms with van der Waals surface area (Å²) < 4.78 is 0. The maximum Gasteiger partial charge on any atom is 0.0992 e. The molecule has 0 bridgehead atoms. The first-order valence-electron chi connectivity index (χ1n) is 6.48. The van der Waals surface area contributed by atoms with Gasteiger partial charge in [0, 0.05) is 11.7 Å². The smallest absolute Gasteiger partial charge is 0.0992 e. The molecule has 1 aromatic carbocycles. The van der Waals surface area contributed by atoms with Crippen LogP contribution >= 0.6 is 0 Å². The van der Waals surface area contributed by atoms with Gasteiger partial charge in [-0.25, -0.2) is 0 Å². The molecule has 1 aliphatic rings. The standard InChI is InChI=1S/C15H20N2/c1-11-5-3-4-6-14(11)17-15-9-13(10-16)8-7-12(15)2/h7-9,11,14,17H,3-6H2,1-2H3. The first kappa shape index (κ1) is 12.0. The molecule has 2 nitrogen and oxygen atoms in total. The van der Waals surface area contributed by atoms with Crippen molar-refractivity contribution in [3.8, 4) is 6.07 Å². The minimum Gasteiger partial charge on any atom is -0.382 e. The van der Waals surface area contributed by atoms with E-state index in [1.54, 1.807) is 0 Å². The van der Waals surface area contributed by atoms with Crippen molar-refractivity contribution < 1.29 is 0 Å². The second-order valence-corrected chi connectivity index (χ2v) is 5.15. The van der Waals surface area contributed by atoms with E-state index >= 15 is 0 Å². The molecular weight excluding hydrogens is 208 g/mol. The van der Waals surface area contributed by atoms with Crippen molar-refractivity contribution in [1.82, 2.24) is 0 Å². The Balaban J connectivity index is 2.14. The lowest BCUT2D eigenvalue weighted by Gasteiger charge is -2.31. The SMILES string of the molecule is Cc1ccc(C#N)cc1NC1CCCCC1C. The summed E-state index contributed by atoms with van der Waals surface area (Å²) in [5.74, 6) is 0.730. The van der Waals surface area contributed by atoms with Crippen LogP contribution in [0.15, 0.2) is 18.2 Å². The molecule has 1 fully saturated rings. The van der Waals surface area contributed by atoms with Crippen LogP contribution in [0.5, 0.6) is 0 Å². The molecule has 0 radical (unpaired) electrons. The average Bonchev–Trinajstić information content (AvgIpc) is 2.35. The molecule has 90 valence electrons. The Hall–Kier alpha value is -1.49. The van der Waals surface area contributed by atoms with Crippen molar-refractivity contribution in [2.75, 3.05) is 5.32 Å². The Morgan fingerprint density at radius 1 is 1.29 bits per heavy atom. The summed E-state index contributed by atoms with van der Waals surface area (Å²) in [6, 6.07) is 8.64. The predicted octanol–water partition coefficient (Wildman–Crippen LogP) is 3.86. The molecule has 0 heterocycles. The molecule has 1 N–H and O–H groups in total. The van der Waals surface area contributed by atoms with Crippen LogP contribution in [-0.4, -0.2) is 6.04 Å². The van der Waals surface area contributed by atoms with Gasteiger partial charge in [0.15, 0.2) is 0 Å². The third-order valence-electron chi connectivity index (χ3n) is 3.82. The van der Waals surface area contributed by atoms with E-state index in [0.717, 1.165) is 17.2 Å². The van der Waals surface area contributed by atoms with Gasteiger partial charge in [0.25, 0.3) is 0 Å². The van der Waals surface area contributed by atoms with Crippen molar-refractivity contribution in [3.05, 3.63) is 29.3 Å². The number of nitrogens with one attached hydrogen (secondary N) is 1. The summed E-state index contributed by atoms with van der Waals surface area (Å²) in [6.07, 6.45) is 5.24. The highest BCUT2D eigenvalue weighted by atomic mass is 14.9. The number of aryl methyl sites for hydroxylation is 1. The average molecular weight is 228 g/mol. The van der Waals surface area contributed by atoms with Gasteiger partial charge in [0.2, 0.25) is 0 Å². The topological polar surface area (TPSA) is 35.8 Å². The van der Waals surface area contributed by atoms with Crippen molar-refractivity contribution in [2.24, 2.45) is 5.92 Å². The monoisotopic (exact) mass is 228 g/mol. The van der Waals surface area contributed by atoms with Gasteiger partial charge in [-0.2, -0.15) is 5.26 Å². The van der Waals surface area contributed by atoms with Gasteiger partial charge < -0.3 is 5.32 Å². The third kappa shape index (κ3) is 2.79. The van der Waals surface area contributed by atoms with Crippen molar-refractivity contribution in [1.29, 1.82) is 5.26 Å². The highest BCUT2D eigenvalue weighted by molar-refractivity contribution is 5.55. The first-order valence-corrected chi connectivity index (χ1v) is 6.48. The number of anilines is 1. The largest absolute Gasteiger partial charge is 0.382 e. The first-order chi connectivity index (χ1) is 8.20. The lowest BCUT2D eigenvalue weighted by atomic mass is 9.85. The van der Waals surface area contributed by atoms with Crippen LogP contribution in [0, 0.1) is 24.2 Å². The summed E-state index contributed by atoms with van der Waals surface area (Å²) >= 11 is 0. The highest BCUT2D eigenvalue weighted by Crippen LogP contribution is 2.28. The number of hydrogen-bond acceptors (Lipinski definition) is 2. The number of nitriles is 1. The van der Waals surface area contributed by atoms with Gasteiger partial charge in [-0.15, -0.1) is 0 Å². The van der Waals surface area contributed by atoms with E-state index in [2.05, 4.69) is 25.2 Å². The van der Waals surface area contributed by atoms with Gasteiger partial charge >= 0.3 is 0 Å². The molecule has 0 spiro atoms. The van der Waals surface area contributed by atoms with Crippen LogP contribution in [0.2, 0.25) is 0 Å². The fraction of sp³-hybridized carbons (Fsp3) is 0.533. The van der Waals surface area contributed by atoms with Crippen molar-refractivity contribution in [3.63, 3.8) is 0 Å². The lowest BCUT2D eigenvalue weighted by molar-refractivity contribution is 0.349. The molecule has 2 rings (SSSR count). The minimum absolute atomic E-state index is 0.566. The quantitative estimate of drug-likeness (QED) is 0.834. The fourth-order valence-corrected chi connectivity index (χ4v) is 2.58. The van der Waals surface area contributed by atoms with E-state index in [0.29, 0.717) is 6.04 Å². The number of rotatable bonds is 2. The molecule has 0 amide bonds. The molecule has 1 saturated carbocycles. The van der Waals surface area contributed by atoms with Gasteiger partial charge in [-0.05, 0) is 43.4 Å².